The average molecular weight is 316 g/mol. The molecule has 1 atom stereocenters. The van der Waals surface area contributed by atoms with E-state index in [1.165, 1.54) is 7.11 Å². The molecule has 0 bridgehead atoms. The fraction of sp³-hybridized carbons (Fsp3) is 0.733. The molecule has 5 nitrogen and oxygen atoms in total. The van der Waals surface area contributed by atoms with Crippen LogP contribution in [0.4, 0.5) is 0 Å². The summed E-state index contributed by atoms with van der Waals surface area (Å²) in [5, 5.41) is 3.67. The molecule has 6 heteroatoms. The number of hydrogen-bond donors (Lipinski definition) is 2. The molecule has 1 aromatic heterocycles. The van der Waals surface area contributed by atoms with Crippen LogP contribution in [0.3, 0.4) is 0 Å². The van der Waals surface area contributed by atoms with Crippen LogP contribution in [0.25, 0.3) is 0 Å². The van der Waals surface area contributed by atoms with Crippen molar-refractivity contribution >= 4 is 17.6 Å². The Balaban J connectivity index is 2.62. The van der Waals surface area contributed by atoms with Gasteiger partial charge in [0.25, 0.3) is 0 Å². The molecule has 1 aromatic rings. The third-order valence-corrected chi connectivity index (χ3v) is 3.58. The highest BCUT2D eigenvalue weighted by atomic mass is 35.5. The maximum atomic E-state index is 11.8. The van der Waals surface area contributed by atoms with Gasteiger partial charge in [-0.2, -0.15) is 0 Å². The van der Waals surface area contributed by atoms with Crippen LogP contribution < -0.4 is 5.32 Å². The number of nitrogens with one attached hydrogen (secondary N) is 2. The van der Waals surface area contributed by atoms with Crippen LogP contribution >= 0.6 is 11.6 Å². The van der Waals surface area contributed by atoms with Gasteiger partial charge >= 0.3 is 5.97 Å². The number of imidazole rings is 1. The van der Waals surface area contributed by atoms with E-state index in [4.69, 9.17) is 16.3 Å². The summed E-state index contributed by atoms with van der Waals surface area (Å²) < 4.78 is 4.83. The first-order valence-electron chi connectivity index (χ1n) is 7.52. The van der Waals surface area contributed by atoms with E-state index in [0.717, 1.165) is 37.2 Å². The molecule has 0 saturated heterocycles. The lowest BCUT2D eigenvalue weighted by Crippen LogP contribution is -2.38. The summed E-state index contributed by atoms with van der Waals surface area (Å²) in [6.45, 7) is 6.76. The second-order valence-corrected chi connectivity index (χ2v) is 6.00. The number of rotatable bonds is 9. The number of carbonyl (C=O) groups excluding carboxylic acids is 1. The van der Waals surface area contributed by atoms with Crippen LogP contribution in [0.2, 0.25) is 5.15 Å². The number of methoxy groups -OCH3 is 1. The van der Waals surface area contributed by atoms with Gasteiger partial charge in [0.05, 0.1) is 12.8 Å². The molecule has 0 aliphatic heterocycles. The number of esters is 1. The molecule has 0 aromatic carbocycles. The second kappa shape index (κ2) is 9.05. The Hall–Kier alpha value is -1.07. The molecule has 2 N–H and O–H groups in total. The zero-order valence-electron chi connectivity index (χ0n) is 13.3. The minimum atomic E-state index is -0.326. The number of aromatic nitrogens is 2. The van der Waals surface area contributed by atoms with Gasteiger partial charge in [-0.15, -0.1) is 0 Å². The first kappa shape index (κ1) is 18.0. The fourth-order valence-electron chi connectivity index (χ4n) is 2.12. The molecule has 0 radical (unpaired) electrons. The molecular weight excluding hydrogens is 290 g/mol. The number of aromatic amines is 1. The summed E-state index contributed by atoms with van der Waals surface area (Å²) in [5.74, 6) is 1.06. The van der Waals surface area contributed by atoms with Gasteiger partial charge in [-0.1, -0.05) is 38.8 Å². The van der Waals surface area contributed by atoms with Crippen LogP contribution in [-0.2, 0) is 22.5 Å². The van der Waals surface area contributed by atoms with Crippen molar-refractivity contribution < 1.29 is 9.53 Å². The molecule has 0 aliphatic carbocycles. The lowest BCUT2D eigenvalue weighted by molar-refractivity contribution is -0.143. The van der Waals surface area contributed by atoms with Gasteiger partial charge in [0.2, 0.25) is 0 Å². The molecular formula is C15H26ClN3O2. The largest absolute Gasteiger partial charge is 0.468 e. The smallest absolute Gasteiger partial charge is 0.322 e. The zero-order chi connectivity index (χ0) is 15.8. The highest BCUT2D eigenvalue weighted by Gasteiger charge is 2.20. The Kier molecular flexibility index (Phi) is 7.75. The third kappa shape index (κ3) is 6.06. The van der Waals surface area contributed by atoms with Crippen molar-refractivity contribution in [1.29, 1.82) is 0 Å². The Morgan fingerprint density at radius 1 is 1.48 bits per heavy atom. The van der Waals surface area contributed by atoms with E-state index in [-0.39, 0.29) is 12.0 Å². The Morgan fingerprint density at radius 3 is 2.76 bits per heavy atom. The monoisotopic (exact) mass is 315 g/mol. The Labute approximate surface area is 131 Å². The molecule has 0 fully saturated rings. The average Bonchev–Trinajstić information content (AvgIpc) is 2.80. The predicted molar refractivity (Wildman–Crippen MR) is 84.3 cm³/mol. The Morgan fingerprint density at radius 2 is 2.19 bits per heavy atom. The van der Waals surface area contributed by atoms with Gasteiger partial charge in [-0.05, 0) is 18.8 Å². The van der Waals surface area contributed by atoms with Crippen molar-refractivity contribution in [3.05, 3.63) is 16.7 Å². The van der Waals surface area contributed by atoms with Crippen LogP contribution in [0.15, 0.2) is 0 Å². The quantitative estimate of drug-likeness (QED) is 0.687. The maximum Gasteiger partial charge on any atom is 0.322 e. The number of aryl methyl sites for hydroxylation is 1. The number of hydrogen-bond acceptors (Lipinski definition) is 4. The molecule has 0 amide bonds. The Bertz CT molecular complexity index is 446. The molecule has 0 saturated carbocycles. The van der Waals surface area contributed by atoms with Crippen molar-refractivity contribution in [2.75, 3.05) is 7.11 Å². The van der Waals surface area contributed by atoms with Crippen LogP contribution in [0.1, 0.15) is 51.6 Å². The molecule has 21 heavy (non-hydrogen) atoms. The number of nitrogens with zero attached hydrogens (tertiary/aromatic N) is 1. The van der Waals surface area contributed by atoms with Crippen LogP contribution in [0, 0.1) is 5.92 Å². The third-order valence-electron chi connectivity index (χ3n) is 3.26. The first-order chi connectivity index (χ1) is 9.97. The standard InChI is InChI=1S/C15H26ClN3O2/c1-5-6-7-13-18-12(14(16)19-13)9-17-11(8-10(2)3)15(20)21-4/h10-11,17H,5-9H2,1-4H3,(H,18,19). The number of halogens is 1. The summed E-state index contributed by atoms with van der Waals surface area (Å²) in [5.41, 5.74) is 0.820. The molecule has 1 heterocycles. The molecule has 0 spiro atoms. The fourth-order valence-corrected chi connectivity index (χ4v) is 2.34. The SMILES string of the molecule is CCCCc1nc(Cl)c(CNC(CC(C)C)C(=O)OC)[nH]1. The summed E-state index contributed by atoms with van der Waals surface area (Å²) in [6, 6.07) is -0.326. The molecule has 0 aliphatic rings. The van der Waals surface area contributed by atoms with Gasteiger partial charge in [0.15, 0.2) is 5.15 Å². The predicted octanol–water partition coefficient (Wildman–Crippen LogP) is 3.08. The van der Waals surface area contributed by atoms with E-state index in [1.807, 2.05) is 0 Å². The van der Waals surface area contributed by atoms with Gasteiger partial charge in [-0.25, -0.2) is 4.98 Å². The minimum absolute atomic E-state index is 0.245. The normalized spacial score (nSPS) is 12.7. The van der Waals surface area contributed by atoms with Crippen molar-refractivity contribution in [3.8, 4) is 0 Å². The lowest BCUT2D eigenvalue weighted by atomic mass is 10.0. The van der Waals surface area contributed by atoms with Crippen LogP contribution in [0.5, 0.6) is 0 Å². The summed E-state index contributed by atoms with van der Waals surface area (Å²) in [6.07, 6.45) is 3.81. The molecule has 120 valence electrons. The second-order valence-electron chi connectivity index (χ2n) is 5.64. The number of carbonyl (C=O) groups is 1. The highest BCUT2D eigenvalue weighted by molar-refractivity contribution is 6.30. The van der Waals surface area contributed by atoms with E-state index in [9.17, 15) is 4.79 Å². The highest BCUT2D eigenvalue weighted by Crippen LogP contribution is 2.15. The van der Waals surface area contributed by atoms with E-state index in [2.05, 4.69) is 36.1 Å². The summed E-state index contributed by atoms with van der Waals surface area (Å²) >= 11 is 6.13. The number of unbranched alkanes of at least 4 members (excludes halogenated alkanes) is 1. The van der Waals surface area contributed by atoms with Gasteiger partial charge < -0.3 is 9.72 Å². The molecule has 1 unspecified atom stereocenters. The van der Waals surface area contributed by atoms with E-state index in [0.29, 0.717) is 17.6 Å². The van der Waals surface area contributed by atoms with E-state index >= 15 is 0 Å². The summed E-state index contributed by atoms with van der Waals surface area (Å²) in [4.78, 5) is 19.3. The first-order valence-corrected chi connectivity index (χ1v) is 7.90. The van der Waals surface area contributed by atoms with Crippen LogP contribution in [-0.4, -0.2) is 29.1 Å². The number of H-pyrrole nitrogens is 1. The van der Waals surface area contributed by atoms with E-state index < -0.39 is 0 Å². The number of ether oxygens (including phenoxy) is 1. The summed E-state index contributed by atoms with van der Waals surface area (Å²) in [7, 11) is 1.41. The zero-order valence-corrected chi connectivity index (χ0v) is 14.1. The van der Waals surface area contributed by atoms with Crippen molar-refractivity contribution in [2.45, 2.75) is 59.0 Å². The topological polar surface area (TPSA) is 67.0 Å². The van der Waals surface area contributed by atoms with Crippen molar-refractivity contribution in [3.63, 3.8) is 0 Å². The van der Waals surface area contributed by atoms with Gasteiger partial charge in [0.1, 0.15) is 11.9 Å². The molecule has 1 rings (SSSR count). The lowest BCUT2D eigenvalue weighted by Gasteiger charge is -2.17. The minimum Gasteiger partial charge on any atom is -0.468 e. The van der Waals surface area contributed by atoms with Crippen molar-refractivity contribution in [1.82, 2.24) is 15.3 Å². The maximum absolute atomic E-state index is 11.8. The van der Waals surface area contributed by atoms with Gasteiger partial charge in [-0.3, -0.25) is 10.1 Å². The van der Waals surface area contributed by atoms with Gasteiger partial charge in [0, 0.05) is 13.0 Å². The van der Waals surface area contributed by atoms with Crippen molar-refractivity contribution in [2.24, 2.45) is 5.92 Å². The van der Waals surface area contributed by atoms with E-state index in [1.54, 1.807) is 0 Å².